The Bertz CT molecular complexity index is 48.2. The SMILES string of the molecule is CNCCCC[NH][Pb][I]. The second kappa shape index (κ2) is 9.57. The van der Waals surface area contributed by atoms with Crippen molar-refractivity contribution in [2.75, 3.05) is 20.1 Å². The number of hydrogen-bond donors (Lipinski definition) is 2. The van der Waals surface area contributed by atoms with Crippen molar-refractivity contribution in [3.05, 3.63) is 0 Å². The van der Waals surface area contributed by atoms with Crippen LogP contribution in [-0.4, -0.2) is 40.4 Å². The maximum atomic E-state index is 3.46. The topological polar surface area (TPSA) is 24.1 Å². The Kier molecular flexibility index (Phi) is 11.2. The Hall–Kier alpha value is 1.57. The molecule has 0 aliphatic heterocycles. The van der Waals surface area contributed by atoms with Crippen molar-refractivity contribution in [1.29, 1.82) is 0 Å². The average Bonchev–Trinajstić information content (AvgIpc) is 1.89. The zero-order valence-corrected chi connectivity index (χ0v) is 11.8. The van der Waals surface area contributed by atoms with Crippen LogP contribution in [0.3, 0.4) is 0 Å². The Morgan fingerprint density at radius 3 is 2.56 bits per heavy atom. The van der Waals surface area contributed by atoms with Gasteiger partial charge in [-0.05, 0) is 0 Å². The summed E-state index contributed by atoms with van der Waals surface area (Å²) in [6.07, 6.45) is 2.64. The Morgan fingerprint density at radius 2 is 2.00 bits per heavy atom. The van der Waals surface area contributed by atoms with E-state index in [0.717, 1.165) is 6.54 Å². The summed E-state index contributed by atoms with van der Waals surface area (Å²) < 4.78 is 3.46. The fraction of sp³-hybridized carbons (Fsp3) is 1.00. The summed E-state index contributed by atoms with van der Waals surface area (Å²) in [7, 11) is 2.00. The Balaban J connectivity index is 2.60. The average molecular weight is 435 g/mol. The first-order valence-electron chi connectivity index (χ1n) is 3.15. The summed E-state index contributed by atoms with van der Waals surface area (Å²) in [5.41, 5.74) is 0. The van der Waals surface area contributed by atoms with Gasteiger partial charge in [0.1, 0.15) is 0 Å². The van der Waals surface area contributed by atoms with Crippen LogP contribution in [0, 0.1) is 0 Å². The molecule has 2 radical (unpaired) electrons. The van der Waals surface area contributed by atoms with Gasteiger partial charge in [-0.25, -0.2) is 0 Å². The van der Waals surface area contributed by atoms with Gasteiger partial charge in [0, 0.05) is 0 Å². The summed E-state index contributed by atoms with van der Waals surface area (Å²) in [5, 5.41) is 3.13. The van der Waals surface area contributed by atoms with E-state index in [1.54, 1.807) is 0 Å². The molecule has 0 aromatic rings. The predicted molar refractivity (Wildman–Crippen MR) is 50.9 cm³/mol. The summed E-state index contributed by atoms with van der Waals surface area (Å²) in [6.45, 7) is 2.41. The predicted octanol–water partition coefficient (Wildman–Crippen LogP) is 0.545. The van der Waals surface area contributed by atoms with Crippen molar-refractivity contribution in [1.82, 2.24) is 8.44 Å². The number of rotatable bonds is 6. The second-order valence-corrected chi connectivity index (χ2v) is 8.67. The molecule has 2 nitrogen and oxygen atoms in total. The molecule has 0 amide bonds. The molecule has 2 N–H and O–H groups in total. The number of hydrogen-bond acceptors (Lipinski definition) is 2. The van der Waals surface area contributed by atoms with Crippen LogP contribution in [0.5, 0.6) is 0 Å². The van der Waals surface area contributed by atoms with Gasteiger partial charge in [-0.1, -0.05) is 0 Å². The molecule has 4 heteroatoms. The maximum absolute atomic E-state index is 3.46. The van der Waals surface area contributed by atoms with Gasteiger partial charge in [0.05, 0.1) is 0 Å². The molecular weight excluding hydrogens is 422 g/mol. The van der Waals surface area contributed by atoms with Crippen LogP contribution in [0.4, 0.5) is 0 Å². The quantitative estimate of drug-likeness (QED) is 0.362. The fourth-order valence-electron chi connectivity index (χ4n) is 0.562. The van der Waals surface area contributed by atoms with E-state index in [9.17, 15) is 0 Å². The normalized spacial score (nSPS) is 10.0. The van der Waals surface area contributed by atoms with E-state index in [-0.39, 0.29) is 20.2 Å². The molecule has 0 fully saturated rings. The van der Waals surface area contributed by atoms with Crippen molar-refractivity contribution in [3.8, 4) is 0 Å². The molecule has 0 aliphatic rings. The van der Waals surface area contributed by atoms with Crippen molar-refractivity contribution < 1.29 is 0 Å². The van der Waals surface area contributed by atoms with Crippen LogP contribution >= 0.6 is 17.8 Å². The fourth-order valence-corrected chi connectivity index (χ4v) is 3.98. The Morgan fingerprint density at radius 1 is 1.33 bits per heavy atom. The van der Waals surface area contributed by atoms with E-state index >= 15 is 0 Å². The van der Waals surface area contributed by atoms with Gasteiger partial charge in [0.15, 0.2) is 0 Å². The molecule has 54 valence electrons. The van der Waals surface area contributed by atoms with Crippen LogP contribution in [0.1, 0.15) is 12.8 Å². The molecule has 0 rings (SSSR count). The van der Waals surface area contributed by atoms with Gasteiger partial charge >= 0.3 is 79.4 Å². The summed E-state index contributed by atoms with van der Waals surface area (Å²) in [6, 6.07) is 0. The van der Waals surface area contributed by atoms with Gasteiger partial charge in [-0.2, -0.15) is 0 Å². The first-order valence-corrected chi connectivity index (χ1v) is 16.0. The van der Waals surface area contributed by atoms with Crippen molar-refractivity contribution in [2.45, 2.75) is 12.8 Å². The first kappa shape index (κ1) is 10.6. The molecule has 9 heavy (non-hydrogen) atoms. The molecule has 0 atom stereocenters. The van der Waals surface area contributed by atoms with E-state index in [0.29, 0.717) is 0 Å². The molecule has 0 saturated carbocycles. The van der Waals surface area contributed by atoms with E-state index in [4.69, 9.17) is 0 Å². The zero-order valence-electron chi connectivity index (χ0n) is 5.71. The van der Waals surface area contributed by atoms with Crippen molar-refractivity contribution in [2.24, 2.45) is 0 Å². The van der Waals surface area contributed by atoms with Crippen LogP contribution < -0.4 is 8.44 Å². The molecule has 0 saturated heterocycles. The van der Waals surface area contributed by atoms with Crippen LogP contribution in [-0.2, 0) is 0 Å². The third-order valence-corrected chi connectivity index (χ3v) is 5.88. The van der Waals surface area contributed by atoms with Gasteiger partial charge in [0.2, 0.25) is 0 Å². The van der Waals surface area contributed by atoms with E-state index in [2.05, 4.69) is 26.2 Å². The molecule has 0 bridgehead atoms. The molecule has 0 aliphatic carbocycles. The van der Waals surface area contributed by atoms with Gasteiger partial charge < -0.3 is 0 Å². The Labute approximate surface area is 78.6 Å². The third kappa shape index (κ3) is 9.57. The van der Waals surface area contributed by atoms with Gasteiger partial charge in [-0.3, -0.25) is 0 Å². The van der Waals surface area contributed by atoms with Gasteiger partial charge in [-0.15, -0.1) is 0 Å². The number of unbranched alkanes of at least 4 members (excludes halogenated alkanes) is 1. The summed E-state index contributed by atoms with van der Waals surface area (Å²) >= 11 is 2.20. The van der Waals surface area contributed by atoms with E-state index in [1.807, 2.05) is 7.05 Å². The van der Waals surface area contributed by atoms with Crippen molar-refractivity contribution >= 4 is 38.0 Å². The molecule has 0 aromatic carbocycles. The molecule has 0 spiro atoms. The third-order valence-electron chi connectivity index (χ3n) is 1.05. The number of nitrogens with one attached hydrogen (secondary N) is 2. The van der Waals surface area contributed by atoms with Crippen LogP contribution in [0.2, 0.25) is 0 Å². The molecular formula is C5H13IN2Pb. The minimum atomic E-state index is -0.316. The van der Waals surface area contributed by atoms with Crippen LogP contribution in [0.15, 0.2) is 0 Å². The van der Waals surface area contributed by atoms with Crippen molar-refractivity contribution in [3.63, 3.8) is 0 Å². The minimum absolute atomic E-state index is 0.316. The zero-order chi connectivity index (χ0) is 6.95. The molecule has 0 aromatic heterocycles. The van der Waals surface area contributed by atoms with E-state index in [1.165, 1.54) is 19.4 Å². The number of halogens is 1. The van der Waals surface area contributed by atoms with E-state index < -0.39 is 0 Å². The monoisotopic (exact) mass is 436 g/mol. The second-order valence-electron chi connectivity index (χ2n) is 1.83. The van der Waals surface area contributed by atoms with Crippen LogP contribution in [0.25, 0.3) is 0 Å². The molecule has 0 unspecified atom stereocenters. The summed E-state index contributed by atoms with van der Waals surface area (Å²) in [4.78, 5) is 0. The van der Waals surface area contributed by atoms with Gasteiger partial charge in [0.25, 0.3) is 0 Å². The summed E-state index contributed by atoms with van der Waals surface area (Å²) in [5.74, 6) is 0. The first-order chi connectivity index (χ1) is 4.41. The molecule has 0 heterocycles. The standard InChI is InChI=1S/C5H13N2.HI.Pb/c1-7-5-3-2-4-6;;/h6-7H,2-5H2,1H3;1H;/q-1;;+2/p-1.